The summed E-state index contributed by atoms with van der Waals surface area (Å²) in [7, 11) is 0. The van der Waals surface area contributed by atoms with Crippen molar-refractivity contribution < 1.29 is 28.6 Å². The second kappa shape index (κ2) is 54.8. The number of carbonyl (C=O) groups is 3. The van der Waals surface area contributed by atoms with Gasteiger partial charge >= 0.3 is 17.9 Å². The number of esters is 3. The molecule has 0 aliphatic carbocycles. The molecule has 0 fully saturated rings. The maximum absolute atomic E-state index is 12.8. The average Bonchev–Trinajstić information content (AvgIpc) is 3.30. The van der Waals surface area contributed by atoms with Crippen molar-refractivity contribution in [1.29, 1.82) is 0 Å². The molecule has 65 heavy (non-hydrogen) atoms. The Bertz CT molecular complexity index is 1010. The Balaban J connectivity index is 4.04. The van der Waals surface area contributed by atoms with Crippen LogP contribution in [-0.4, -0.2) is 37.2 Å². The van der Waals surface area contributed by atoms with Gasteiger partial charge < -0.3 is 14.2 Å². The lowest BCUT2D eigenvalue weighted by Gasteiger charge is -2.18. The van der Waals surface area contributed by atoms with Gasteiger partial charge in [-0.25, -0.2) is 0 Å². The van der Waals surface area contributed by atoms with Crippen molar-refractivity contribution in [2.45, 2.75) is 335 Å². The van der Waals surface area contributed by atoms with E-state index in [2.05, 4.69) is 32.9 Å². The van der Waals surface area contributed by atoms with Crippen molar-refractivity contribution in [2.75, 3.05) is 13.2 Å². The Kier molecular flexibility index (Phi) is 53.2. The quantitative estimate of drug-likeness (QED) is 0.0262. The summed E-state index contributed by atoms with van der Waals surface area (Å²) in [5.41, 5.74) is 0. The highest BCUT2D eigenvalue weighted by Gasteiger charge is 2.19. The lowest BCUT2D eigenvalue weighted by Crippen LogP contribution is -2.30. The number of hydrogen-bond donors (Lipinski definition) is 0. The maximum Gasteiger partial charge on any atom is 0.306 e. The van der Waals surface area contributed by atoms with Crippen LogP contribution in [0.4, 0.5) is 0 Å². The van der Waals surface area contributed by atoms with Crippen LogP contribution in [0, 0.1) is 0 Å². The van der Waals surface area contributed by atoms with Crippen LogP contribution in [0.2, 0.25) is 0 Å². The van der Waals surface area contributed by atoms with Crippen LogP contribution in [0.1, 0.15) is 329 Å². The van der Waals surface area contributed by atoms with Crippen molar-refractivity contribution in [3.05, 3.63) is 12.2 Å². The first-order chi connectivity index (χ1) is 32.0. The standard InChI is InChI=1S/C59H112O6/c1-4-7-10-13-16-18-20-22-24-25-26-27-28-29-30-31-32-33-34-35-37-38-40-43-46-49-52-58(61)64-55-56(54-63-57(60)51-48-45-42-15-12-9-6-3)65-59(62)53-50-47-44-41-39-36-23-21-19-17-14-11-8-5-2/h21,23,56H,4-20,22,24-55H2,1-3H3/b23-21-. The van der Waals surface area contributed by atoms with Gasteiger partial charge in [-0.15, -0.1) is 0 Å². The molecular formula is C59H112O6. The topological polar surface area (TPSA) is 78.9 Å². The van der Waals surface area contributed by atoms with Gasteiger partial charge in [0.25, 0.3) is 0 Å². The Morgan fingerprint density at radius 2 is 0.508 bits per heavy atom. The van der Waals surface area contributed by atoms with Crippen molar-refractivity contribution in [3.63, 3.8) is 0 Å². The highest BCUT2D eigenvalue weighted by atomic mass is 16.6. The molecule has 0 radical (unpaired) electrons. The summed E-state index contributed by atoms with van der Waals surface area (Å²) in [6, 6.07) is 0. The molecule has 0 aliphatic heterocycles. The molecule has 0 saturated carbocycles. The van der Waals surface area contributed by atoms with Crippen LogP contribution in [0.5, 0.6) is 0 Å². The Labute approximate surface area is 405 Å². The highest BCUT2D eigenvalue weighted by Crippen LogP contribution is 2.17. The van der Waals surface area contributed by atoms with E-state index in [4.69, 9.17) is 14.2 Å². The smallest absolute Gasteiger partial charge is 0.306 e. The molecule has 1 unspecified atom stereocenters. The van der Waals surface area contributed by atoms with E-state index in [1.807, 2.05) is 0 Å². The van der Waals surface area contributed by atoms with Crippen molar-refractivity contribution >= 4 is 17.9 Å². The fourth-order valence-corrected chi connectivity index (χ4v) is 8.85. The molecule has 0 rings (SSSR count). The second-order valence-electron chi connectivity index (χ2n) is 19.9. The largest absolute Gasteiger partial charge is 0.462 e. The van der Waals surface area contributed by atoms with Crippen LogP contribution in [-0.2, 0) is 28.6 Å². The van der Waals surface area contributed by atoms with Crippen LogP contribution in [0.3, 0.4) is 0 Å². The van der Waals surface area contributed by atoms with E-state index >= 15 is 0 Å². The van der Waals surface area contributed by atoms with Crippen LogP contribution in [0.15, 0.2) is 12.2 Å². The molecule has 0 amide bonds. The van der Waals surface area contributed by atoms with E-state index in [-0.39, 0.29) is 31.1 Å². The van der Waals surface area contributed by atoms with Crippen LogP contribution in [0.25, 0.3) is 0 Å². The third-order valence-electron chi connectivity index (χ3n) is 13.3. The summed E-state index contributed by atoms with van der Waals surface area (Å²) in [5, 5.41) is 0. The van der Waals surface area contributed by atoms with Gasteiger partial charge in [-0.3, -0.25) is 14.4 Å². The first-order valence-electron chi connectivity index (χ1n) is 29.2. The molecule has 0 aromatic heterocycles. The van der Waals surface area contributed by atoms with E-state index in [1.54, 1.807) is 0 Å². The maximum atomic E-state index is 12.8. The highest BCUT2D eigenvalue weighted by molar-refractivity contribution is 5.71. The number of allylic oxidation sites excluding steroid dienone is 2. The number of ether oxygens (including phenoxy) is 3. The van der Waals surface area contributed by atoms with Gasteiger partial charge in [0.15, 0.2) is 6.10 Å². The summed E-state index contributed by atoms with van der Waals surface area (Å²) >= 11 is 0. The summed E-state index contributed by atoms with van der Waals surface area (Å²) in [5.74, 6) is -0.864. The lowest BCUT2D eigenvalue weighted by atomic mass is 10.0. The number of hydrogen-bond acceptors (Lipinski definition) is 6. The third-order valence-corrected chi connectivity index (χ3v) is 13.3. The minimum Gasteiger partial charge on any atom is -0.462 e. The zero-order valence-corrected chi connectivity index (χ0v) is 44.0. The fraction of sp³-hybridized carbons (Fsp3) is 0.915. The van der Waals surface area contributed by atoms with Crippen LogP contribution < -0.4 is 0 Å². The average molecular weight is 918 g/mol. The van der Waals surface area contributed by atoms with Gasteiger partial charge in [0.05, 0.1) is 0 Å². The van der Waals surface area contributed by atoms with E-state index in [9.17, 15) is 14.4 Å². The molecule has 6 nitrogen and oxygen atoms in total. The van der Waals surface area contributed by atoms with Gasteiger partial charge in [-0.2, -0.15) is 0 Å². The number of rotatable bonds is 54. The molecule has 384 valence electrons. The van der Waals surface area contributed by atoms with E-state index in [0.717, 1.165) is 64.2 Å². The van der Waals surface area contributed by atoms with Crippen molar-refractivity contribution in [3.8, 4) is 0 Å². The molecular weight excluding hydrogens is 805 g/mol. The molecule has 0 heterocycles. The van der Waals surface area contributed by atoms with E-state index in [0.29, 0.717) is 19.3 Å². The molecule has 0 aromatic carbocycles. The van der Waals surface area contributed by atoms with Gasteiger partial charge in [-0.1, -0.05) is 277 Å². The predicted molar refractivity (Wildman–Crippen MR) is 280 cm³/mol. The summed E-state index contributed by atoms with van der Waals surface area (Å²) in [4.78, 5) is 37.9. The summed E-state index contributed by atoms with van der Waals surface area (Å²) in [6.07, 6.45) is 62.4. The Morgan fingerprint density at radius 1 is 0.292 bits per heavy atom. The minimum atomic E-state index is -0.767. The molecule has 1 atom stereocenters. The van der Waals surface area contributed by atoms with Gasteiger partial charge in [-0.05, 0) is 44.9 Å². The van der Waals surface area contributed by atoms with Crippen LogP contribution >= 0.6 is 0 Å². The summed E-state index contributed by atoms with van der Waals surface area (Å²) in [6.45, 7) is 6.63. The number of unbranched alkanes of at least 4 members (excludes halogenated alkanes) is 41. The number of carbonyl (C=O) groups excluding carboxylic acids is 3. The molecule has 0 aromatic rings. The lowest BCUT2D eigenvalue weighted by molar-refractivity contribution is -0.167. The second-order valence-corrected chi connectivity index (χ2v) is 19.9. The van der Waals surface area contributed by atoms with Gasteiger partial charge in [0.2, 0.25) is 0 Å². The normalized spacial score (nSPS) is 12.0. The Hall–Kier alpha value is -1.85. The van der Waals surface area contributed by atoms with Gasteiger partial charge in [0.1, 0.15) is 13.2 Å². The third kappa shape index (κ3) is 53.0. The molecule has 0 spiro atoms. The van der Waals surface area contributed by atoms with E-state index < -0.39 is 6.10 Å². The fourth-order valence-electron chi connectivity index (χ4n) is 8.85. The zero-order chi connectivity index (χ0) is 47.2. The molecule has 0 N–H and O–H groups in total. The SMILES string of the molecule is CCCCCCC/C=C\CCCCCCCC(=O)OC(COC(=O)CCCCCCCCC)COC(=O)CCCCCCCCCCCCCCCCCCCCCCCCCCCC. The van der Waals surface area contributed by atoms with Crippen molar-refractivity contribution in [2.24, 2.45) is 0 Å². The molecule has 0 saturated heterocycles. The van der Waals surface area contributed by atoms with E-state index in [1.165, 1.54) is 225 Å². The molecule has 0 bridgehead atoms. The van der Waals surface area contributed by atoms with Gasteiger partial charge in [0, 0.05) is 19.3 Å². The predicted octanol–water partition coefficient (Wildman–Crippen LogP) is 19.3. The zero-order valence-electron chi connectivity index (χ0n) is 44.0. The first kappa shape index (κ1) is 63.1. The minimum absolute atomic E-state index is 0.0684. The Morgan fingerprint density at radius 3 is 0.769 bits per heavy atom. The molecule has 0 aliphatic rings. The summed E-state index contributed by atoms with van der Waals surface area (Å²) < 4.78 is 16.8. The first-order valence-corrected chi connectivity index (χ1v) is 29.2. The van der Waals surface area contributed by atoms with Crippen molar-refractivity contribution in [1.82, 2.24) is 0 Å². The molecule has 6 heteroatoms. The monoisotopic (exact) mass is 917 g/mol.